The lowest BCUT2D eigenvalue weighted by Gasteiger charge is -2.19. The molecule has 1 aromatic carbocycles. The summed E-state index contributed by atoms with van der Waals surface area (Å²) in [6.45, 7) is 9.16. The molecule has 2 heteroatoms. The van der Waals surface area contributed by atoms with Gasteiger partial charge in [-0.2, -0.15) is 0 Å². The van der Waals surface area contributed by atoms with Crippen LogP contribution in [0.25, 0.3) is 0 Å². The molecule has 1 rings (SSSR count). The Kier molecular flexibility index (Phi) is 3.86. The van der Waals surface area contributed by atoms with Gasteiger partial charge >= 0.3 is 0 Å². The average molecular weight is 222 g/mol. The van der Waals surface area contributed by atoms with E-state index >= 15 is 0 Å². The molecule has 0 unspecified atom stereocenters. The average Bonchev–Trinajstić information content (AvgIpc) is 2.17. The van der Waals surface area contributed by atoms with Gasteiger partial charge in [-0.25, -0.2) is 0 Å². The Bertz CT molecular complexity index is 333. The second-order valence-corrected chi connectivity index (χ2v) is 4.92. The van der Waals surface area contributed by atoms with Crippen molar-refractivity contribution in [2.45, 2.75) is 33.1 Å². The summed E-state index contributed by atoms with van der Waals surface area (Å²) in [6, 6.07) is 8.28. The smallest absolute Gasteiger partial charge is 0.191 e. The first-order valence-corrected chi connectivity index (χ1v) is 5.63. The molecule has 0 spiro atoms. The van der Waals surface area contributed by atoms with Crippen LogP contribution in [0.5, 0.6) is 0 Å². The molecule has 0 aliphatic rings. The molecular formula is C13H18OS. The fraction of sp³-hybridized carbons (Fsp3) is 0.462. The van der Waals surface area contributed by atoms with Crippen LogP contribution >= 0.6 is 12.2 Å². The Hall–Kier alpha value is -0.890. The van der Waals surface area contributed by atoms with Crippen molar-refractivity contribution in [3.05, 3.63) is 35.4 Å². The number of benzene rings is 1. The predicted molar refractivity (Wildman–Crippen MR) is 68.5 cm³/mol. The highest BCUT2D eigenvalue weighted by atomic mass is 32.1. The van der Waals surface area contributed by atoms with Crippen LogP contribution in [0.3, 0.4) is 0 Å². The van der Waals surface area contributed by atoms with E-state index in [1.54, 1.807) is 0 Å². The van der Waals surface area contributed by atoms with Gasteiger partial charge in [0.1, 0.15) is 0 Å². The van der Waals surface area contributed by atoms with Gasteiger partial charge in [-0.15, -0.1) is 0 Å². The Morgan fingerprint density at radius 2 is 1.73 bits per heavy atom. The summed E-state index contributed by atoms with van der Waals surface area (Å²) in [5, 5.41) is 0.581. The van der Waals surface area contributed by atoms with E-state index in [0.29, 0.717) is 11.7 Å². The number of hydrogen-bond donors (Lipinski definition) is 0. The number of thiocarbonyl (C=S) groups is 1. The van der Waals surface area contributed by atoms with Crippen molar-refractivity contribution in [3.63, 3.8) is 0 Å². The largest absolute Gasteiger partial charge is 0.483 e. The molecular weight excluding hydrogens is 204 g/mol. The van der Waals surface area contributed by atoms with Gasteiger partial charge in [0.2, 0.25) is 0 Å². The summed E-state index contributed by atoms with van der Waals surface area (Å²) in [7, 11) is 0. The van der Waals surface area contributed by atoms with Gasteiger partial charge in [-0.05, 0) is 30.1 Å². The van der Waals surface area contributed by atoms with Crippen LogP contribution in [0.1, 0.15) is 38.8 Å². The molecule has 0 fully saturated rings. The molecule has 0 atom stereocenters. The quantitative estimate of drug-likeness (QED) is 0.706. The van der Waals surface area contributed by atoms with Crippen molar-refractivity contribution >= 4 is 17.3 Å². The Balaban J connectivity index is 2.86. The molecule has 0 N–H and O–H groups in total. The van der Waals surface area contributed by atoms with E-state index in [1.165, 1.54) is 5.56 Å². The normalized spacial score (nSPS) is 11.2. The molecule has 0 heterocycles. The van der Waals surface area contributed by atoms with Gasteiger partial charge < -0.3 is 4.74 Å². The molecule has 0 aliphatic heterocycles. The summed E-state index contributed by atoms with van der Waals surface area (Å²) in [4.78, 5) is 0. The molecule has 0 saturated heterocycles. The van der Waals surface area contributed by atoms with E-state index in [2.05, 4.69) is 32.9 Å². The molecule has 0 saturated carbocycles. The fourth-order valence-electron chi connectivity index (χ4n) is 1.32. The van der Waals surface area contributed by atoms with Crippen molar-refractivity contribution in [1.82, 2.24) is 0 Å². The molecule has 15 heavy (non-hydrogen) atoms. The standard InChI is InChI=1S/C13H18OS/c1-5-14-12(15)10-6-8-11(9-7-10)13(2,3)4/h6-9H,5H2,1-4H3. The molecule has 0 aromatic heterocycles. The van der Waals surface area contributed by atoms with Crippen molar-refractivity contribution in [3.8, 4) is 0 Å². The third kappa shape index (κ3) is 3.31. The lowest BCUT2D eigenvalue weighted by molar-refractivity contribution is 0.337. The van der Waals surface area contributed by atoms with Crippen molar-refractivity contribution < 1.29 is 4.74 Å². The molecule has 1 aromatic rings. The molecule has 0 bridgehead atoms. The Morgan fingerprint density at radius 1 is 1.20 bits per heavy atom. The van der Waals surface area contributed by atoms with Crippen LogP contribution < -0.4 is 0 Å². The van der Waals surface area contributed by atoms with Gasteiger partial charge in [-0.3, -0.25) is 0 Å². The molecule has 1 nitrogen and oxygen atoms in total. The zero-order valence-corrected chi connectivity index (χ0v) is 10.6. The Labute approximate surface area is 97.5 Å². The summed E-state index contributed by atoms with van der Waals surface area (Å²) >= 11 is 5.13. The second kappa shape index (κ2) is 4.75. The fourth-order valence-corrected chi connectivity index (χ4v) is 1.57. The van der Waals surface area contributed by atoms with Crippen LogP contribution in [0.4, 0.5) is 0 Å². The van der Waals surface area contributed by atoms with E-state index in [4.69, 9.17) is 17.0 Å². The van der Waals surface area contributed by atoms with E-state index in [9.17, 15) is 0 Å². The summed E-state index contributed by atoms with van der Waals surface area (Å²) in [5.74, 6) is 0. The zero-order valence-electron chi connectivity index (χ0n) is 9.83. The maximum absolute atomic E-state index is 5.28. The van der Waals surface area contributed by atoms with Crippen molar-refractivity contribution in [2.24, 2.45) is 0 Å². The first kappa shape index (κ1) is 12.2. The first-order valence-electron chi connectivity index (χ1n) is 5.23. The van der Waals surface area contributed by atoms with Crippen LogP contribution in [0.2, 0.25) is 0 Å². The second-order valence-electron chi connectivity index (χ2n) is 4.55. The van der Waals surface area contributed by atoms with E-state index in [0.717, 1.165) is 5.56 Å². The van der Waals surface area contributed by atoms with E-state index in [-0.39, 0.29) is 5.41 Å². The molecule has 0 radical (unpaired) electrons. The predicted octanol–water partition coefficient (Wildman–Crippen LogP) is 3.70. The number of rotatable bonds is 2. The minimum Gasteiger partial charge on any atom is -0.483 e. The monoisotopic (exact) mass is 222 g/mol. The third-order valence-electron chi connectivity index (χ3n) is 2.26. The van der Waals surface area contributed by atoms with E-state index in [1.807, 2.05) is 19.1 Å². The van der Waals surface area contributed by atoms with Crippen molar-refractivity contribution in [1.29, 1.82) is 0 Å². The summed E-state index contributed by atoms with van der Waals surface area (Å²) in [6.07, 6.45) is 0. The van der Waals surface area contributed by atoms with Crippen LogP contribution in [0.15, 0.2) is 24.3 Å². The van der Waals surface area contributed by atoms with E-state index < -0.39 is 0 Å². The van der Waals surface area contributed by atoms with Crippen LogP contribution in [-0.2, 0) is 10.2 Å². The molecule has 0 amide bonds. The highest BCUT2D eigenvalue weighted by Gasteiger charge is 2.13. The highest BCUT2D eigenvalue weighted by molar-refractivity contribution is 7.80. The summed E-state index contributed by atoms with van der Waals surface area (Å²) in [5.41, 5.74) is 2.48. The van der Waals surface area contributed by atoms with Gasteiger partial charge in [0, 0.05) is 5.56 Å². The minimum absolute atomic E-state index is 0.186. The van der Waals surface area contributed by atoms with Gasteiger partial charge in [0.25, 0.3) is 0 Å². The zero-order chi connectivity index (χ0) is 11.5. The topological polar surface area (TPSA) is 9.23 Å². The van der Waals surface area contributed by atoms with Gasteiger partial charge in [0.15, 0.2) is 5.05 Å². The SMILES string of the molecule is CCOC(=S)c1ccc(C(C)(C)C)cc1. The lowest BCUT2D eigenvalue weighted by Crippen LogP contribution is -2.11. The van der Waals surface area contributed by atoms with Crippen molar-refractivity contribution in [2.75, 3.05) is 6.61 Å². The molecule has 0 aliphatic carbocycles. The Morgan fingerprint density at radius 3 is 2.13 bits per heavy atom. The number of ether oxygens (including phenoxy) is 1. The summed E-state index contributed by atoms with van der Waals surface area (Å²) < 4.78 is 5.28. The van der Waals surface area contributed by atoms with Crippen LogP contribution in [-0.4, -0.2) is 11.7 Å². The minimum atomic E-state index is 0.186. The maximum atomic E-state index is 5.28. The van der Waals surface area contributed by atoms with Crippen LogP contribution in [0, 0.1) is 0 Å². The highest BCUT2D eigenvalue weighted by Crippen LogP contribution is 2.22. The lowest BCUT2D eigenvalue weighted by atomic mass is 9.87. The first-order chi connectivity index (χ1) is 6.95. The maximum Gasteiger partial charge on any atom is 0.191 e. The van der Waals surface area contributed by atoms with Gasteiger partial charge in [0.05, 0.1) is 6.61 Å². The molecule has 82 valence electrons. The van der Waals surface area contributed by atoms with Gasteiger partial charge in [-0.1, -0.05) is 45.0 Å². The number of hydrogen-bond acceptors (Lipinski definition) is 2. The third-order valence-corrected chi connectivity index (χ3v) is 2.62.